The molecular weight excluding hydrogens is 495 g/mol. The van der Waals surface area contributed by atoms with Crippen LogP contribution in [0.4, 0.5) is 15.8 Å². The number of aliphatic hydroxyl groups is 1. The Morgan fingerprint density at radius 3 is 2.34 bits per heavy atom. The minimum atomic E-state index is -1.30. The molecule has 1 unspecified atom stereocenters. The van der Waals surface area contributed by atoms with Crippen molar-refractivity contribution in [3.8, 4) is 11.5 Å². The van der Waals surface area contributed by atoms with E-state index in [1.54, 1.807) is 19.1 Å². The molecule has 4 rings (SSSR count). The number of amides is 1. The highest BCUT2D eigenvalue weighted by atomic mass is 19.1. The quantitative estimate of drug-likeness (QED) is 0.144. The predicted octanol–water partition coefficient (Wildman–Crippen LogP) is 5.51. The summed E-state index contributed by atoms with van der Waals surface area (Å²) in [5, 5.41) is 33.0. The molecule has 0 spiro atoms. The molecule has 0 aromatic heterocycles. The van der Waals surface area contributed by atoms with Crippen molar-refractivity contribution >= 4 is 28.8 Å². The maximum atomic E-state index is 13.7. The first-order chi connectivity index (χ1) is 18.0. The second kappa shape index (κ2) is 9.97. The van der Waals surface area contributed by atoms with Gasteiger partial charge in [-0.25, -0.2) is 4.39 Å². The van der Waals surface area contributed by atoms with Gasteiger partial charge in [0.05, 0.1) is 23.6 Å². The van der Waals surface area contributed by atoms with Gasteiger partial charge in [0.1, 0.15) is 17.3 Å². The number of ketones is 1. The molecule has 10 heteroatoms. The van der Waals surface area contributed by atoms with Crippen LogP contribution in [-0.2, 0) is 9.59 Å². The topological polar surface area (TPSA) is 130 Å². The molecule has 1 saturated heterocycles. The van der Waals surface area contributed by atoms with Crippen molar-refractivity contribution < 1.29 is 33.9 Å². The monoisotopic (exact) mass is 520 g/mol. The molecule has 9 nitrogen and oxygen atoms in total. The summed E-state index contributed by atoms with van der Waals surface area (Å²) >= 11 is 0. The number of aromatic hydroxyl groups is 1. The molecule has 1 amide bonds. The molecule has 0 bridgehead atoms. The van der Waals surface area contributed by atoms with E-state index in [-0.39, 0.29) is 28.3 Å². The number of nitro benzene ring substituents is 1. The SMILES string of the molecule is COc1cc(C)c(/C(O)=C2\C(=O)C(=O)N(c3ccc(F)cc3)C2c2ccc(O)c([N+](=O)[O-])c2)cc1C(C)C. The molecule has 0 aliphatic carbocycles. The molecule has 1 fully saturated rings. The third-order valence-corrected chi connectivity index (χ3v) is 6.51. The van der Waals surface area contributed by atoms with Crippen molar-refractivity contribution in [2.75, 3.05) is 12.0 Å². The summed E-state index contributed by atoms with van der Waals surface area (Å²) in [4.78, 5) is 38.5. The number of hydrogen-bond acceptors (Lipinski definition) is 7. The highest BCUT2D eigenvalue weighted by molar-refractivity contribution is 6.51. The fourth-order valence-corrected chi connectivity index (χ4v) is 4.60. The molecule has 1 aliphatic heterocycles. The van der Waals surface area contributed by atoms with Crippen molar-refractivity contribution in [2.24, 2.45) is 0 Å². The van der Waals surface area contributed by atoms with Crippen LogP contribution in [0.25, 0.3) is 5.76 Å². The molecule has 1 heterocycles. The van der Waals surface area contributed by atoms with Crippen LogP contribution >= 0.6 is 0 Å². The lowest BCUT2D eigenvalue weighted by Gasteiger charge is -2.25. The molecular formula is C28H25FN2O7. The van der Waals surface area contributed by atoms with Gasteiger partial charge < -0.3 is 14.9 Å². The van der Waals surface area contributed by atoms with E-state index in [0.717, 1.165) is 34.7 Å². The number of hydrogen-bond donors (Lipinski definition) is 2. The number of benzene rings is 3. The van der Waals surface area contributed by atoms with Crippen LogP contribution in [0.2, 0.25) is 0 Å². The third kappa shape index (κ3) is 4.45. The Balaban J connectivity index is 2.03. The Bertz CT molecular complexity index is 1500. The molecule has 0 saturated carbocycles. The van der Waals surface area contributed by atoms with E-state index in [1.807, 2.05) is 13.8 Å². The van der Waals surface area contributed by atoms with E-state index in [9.17, 15) is 34.3 Å². The molecule has 2 N–H and O–H groups in total. The predicted molar refractivity (Wildman–Crippen MR) is 138 cm³/mol. The van der Waals surface area contributed by atoms with Gasteiger partial charge in [0.15, 0.2) is 5.75 Å². The standard InChI is InChI=1S/C28H25FN2O7/c1-14(2)19-13-20(15(3)11-23(19)38-4)26(33)24-25(16-5-10-22(32)21(12-16)31(36)37)30(28(35)27(24)34)18-8-6-17(29)7-9-18/h5-14,25,32-33H,1-4H3/b26-24+. The highest BCUT2D eigenvalue weighted by Crippen LogP contribution is 2.45. The van der Waals surface area contributed by atoms with Gasteiger partial charge in [-0.15, -0.1) is 0 Å². The first-order valence-electron chi connectivity index (χ1n) is 11.7. The Hall–Kier alpha value is -4.73. The van der Waals surface area contributed by atoms with Crippen LogP contribution in [0, 0.1) is 22.9 Å². The van der Waals surface area contributed by atoms with Gasteiger partial charge in [-0.2, -0.15) is 0 Å². The maximum absolute atomic E-state index is 13.7. The Labute approximate surface area is 217 Å². The zero-order valence-corrected chi connectivity index (χ0v) is 21.1. The summed E-state index contributed by atoms with van der Waals surface area (Å²) in [6.07, 6.45) is 0. The average molecular weight is 521 g/mol. The number of carbonyl (C=O) groups excluding carboxylic acids is 2. The lowest BCUT2D eigenvalue weighted by Crippen LogP contribution is -2.29. The van der Waals surface area contributed by atoms with Crippen molar-refractivity contribution in [3.63, 3.8) is 0 Å². The number of ether oxygens (including phenoxy) is 1. The smallest absolute Gasteiger partial charge is 0.311 e. The van der Waals surface area contributed by atoms with Gasteiger partial charge in [-0.05, 0) is 72.0 Å². The van der Waals surface area contributed by atoms with Gasteiger partial charge >= 0.3 is 5.69 Å². The Kier molecular flexibility index (Phi) is 6.91. The van der Waals surface area contributed by atoms with Crippen molar-refractivity contribution in [2.45, 2.75) is 32.7 Å². The molecule has 38 heavy (non-hydrogen) atoms. The van der Waals surface area contributed by atoms with E-state index in [2.05, 4.69) is 0 Å². The molecule has 0 radical (unpaired) electrons. The summed E-state index contributed by atoms with van der Waals surface area (Å²) < 4.78 is 19.1. The van der Waals surface area contributed by atoms with E-state index >= 15 is 0 Å². The summed E-state index contributed by atoms with van der Waals surface area (Å²) in [5.41, 5.74) is 0.885. The van der Waals surface area contributed by atoms with Crippen molar-refractivity contribution in [3.05, 3.63) is 98.4 Å². The fraction of sp³-hybridized carbons (Fsp3) is 0.214. The van der Waals surface area contributed by atoms with E-state index in [0.29, 0.717) is 11.3 Å². The highest BCUT2D eigenvalue weighted by Gasteiger charge is 2.47. The number of phenols is 1. The maximum Gasteiger partial charge on any atom is 0.311 e. The minimum absolute atomic E-state index is 0.00531. The number of anilines is 1. The number of carbonyl (C=O) groups is 2. The summed E-state index contributed by atoms with van der Waals surface area (Å²) in [6, 6.07) is 10.3. The first kappa shape index (κ1) is 26.3. The molecule has 1 atom stereocenters. The van der Waals surface area contributed by atoms with E-state index < -0.39 is 45.7 Å². The number of nitrogens with zero attached hydrogens (tertiary/aromatic N) is 2. The first-order valence-corrected chi connectivity index (χ1v) is 11.7. The molecule has 3 aromatic carbocycles. The van der Waals surface area contributed by atoms with Crippen LogP contribution in [0.15, 0.2) is 60.2 Å². The number of halogens is 1. The zero-order valence-electron chi connectivity index (χ0n) is 21.1. The normalized spacial score (nSPS) is 16.8. The average Bonchev–Trinajstić information content (AvgIpc) is 3.14. The van der Waals surface area contributed by atoms with Gasteiger partial charge in [-0.3, -0.25) is 24.6 Å². The lowest BCUT2D eigenvalue weighted by atomic mass is 9.90. The second-order valence-corrected chi connectivity index (χ2v) is 9.21. The number of aliphatic hydroxyl groups excluding tert-OH is 1. The lowest BCUT2D eigenvalue weighted by molar-refractivity contribution is -0.385. The van der Waals surface area contributed by atoms with Crippen molar-refractivity contribution in [1.82, 2.24) is 0 Å². The number of phenolic OH excluding ortho intramolecular Hbond substituents is 1. The minimum Gasteiger partial charge on any atom is -0.507 e. The Morgan fingerprint density at radius 2 is 1.76 bits per heavy atom. The number of aryl methyl sites for hydroxylation is 1. The number of rotatable bonds is 6. The Morgan fingerprint density at radius 1 is 1.11 bits per heavy atom. The van der Waals surface area contributed by atoms with Crippen LogP contribution < -0.4 is 9.64 Å². The van der Waals surface area contributed by atoms with Gasteiger partial charge in [0.25, 0.3) is 11.7 Å². The molecule has 3 aromatic rings. The van der Waals surface area contributed by atoms with Crippen LogP contribution in [0.5, 0.6) is 11.5 Å². The van der Waals surface area contributed by atoms with Crippen molar-refractivity contribution in [1.29, 1.82) is 0 Å². The third-order valence-electron chi connectivity index (χ3n) is 6.51. The second-order valence-electron chi connectivity index (χ2n) is 9.21. The van der Waals surface area contributed by atoms with Gasteiger partial charge in [0, 0.05) is 17.3 Å². The number of Topliss-reactive ketones (excluding diaryl/α,β-unsaturated/α-hetero) is 1. The summed E-state index contributed by atoms with van der Waals surface area (Å²) in [7, 11) is 1.52. The molecule has 1 aliphatic rings. The fourth-order valence-electron chi connectivity index (χ4n) is 4.60. The zero-order chi connectivity index (χ0) is 27.9. The van der Waals surface area contributed by atoms with Gasteiger partial charge in [0.2, 0.25) is 0 Å². The van der Waals surface area contributed by atoms with E-state index in [4.69, 9.17) is 4.74 Å². The van der Waals surface area contributed by atoms with Gasteiger partial charge in [-0.1, -0.05) is 19.9 Å². The van der Waals surface area contributed by atoms with Crippen LogP contribution in [0.3, 0.4) is 0 Å². The number of nitro groups is 1. The number of methoxy groups -OCH3 is 1. The van der Waals surface area contributed by atoms with E-state index in [1.165, 1.54) is 25.3 Å². The van der Waals surface area contributed by atoms with Crippen LogP contribution in [-0.4, -0.2) is 33.9 Å². The molecule has 196 valence electrons. The summed E-state index contributed by atoms with van der Waals surface area (Å²) in [5.74, 6) is -3.10. The summed E-state index contributed by atoms with van der Waals surface area (Å²) in [6.45, 7) is 5.57. The van der Waals surface area contributed by atoms with Crippen LogP contribution in [0.1, 0.15) is 48.1 Å². The largest absolute Gasteiger partial charge is 0.507 e.